The Morgan fingerprint density at radius 3 is 2.46 bits per heavy atom. The number of tetrazole rings is 1. The average molecular weight is 326 g/mol. The Hall–Kier alpha value is -2.70. The first-order chi connectivity index (χ1) is 11.5. The van der Waals surface area contributed by atoms with Crippen LogP contribution in [0, 0.1) is 20.8 Å². The Labute approximate surface area is 141 Å². The van der Waals surface area contributed by atoms with Gasteiger partial charge in [0, 0.05) is 24.5 Å². The maximum absolute atomic E-state index is 6.01. The summed E-state index contributed by atoms with van der Waals surface area (Å²) in [4.78, 5) is 5.69. The van der Waals surface area contributed by atoms with E-state index in [1.165, 1.54) is 4.80 Å². The normalized spacial score (nSPS) is 11.0. The van der Waals surface area contributed by atoms with Gasteiger partial charge in [-0.05, 0) is 55.7 Å². The molecule has 0 N–H and O–H groups in total. The highest BCUT2D eigenvalue weighted by atomic mass is 16.5. The molecule has 0 amide bonds. The Balaban J connectivity index is 1.64. The van der Waals surface area contributed by atoms with E-state index in [0.717, 1.165) is 41.2 Å². The summed E-state index contributed by atoms with van der Waals surface area (Å²) in [5.41, 5.74) is 3.12. The summed E-state index contributed by atoms with van der Waals surface area (Å²) in [7, 11) is 1.76. The molecule has 1 aromatic carbocycles. The van der Waals surface area contributed by atoms with Crippen LogP contribution in [0.5, 0.6) is 5.75 Å². The first-order valence-electron chi connectivity index (χ1n) is 8.01. The second kappa shape index (κ2) is 6.82. The molecule has 0 spiro atoms. The zero-order valence-corrected chi connectivity index (χ0v) is 14.5. The second-order valence-electron chi connectivity index (χ2n) is 5.91. The quantitative estimate of drug-likeness (QED) is 0.651. The highest BCUT2D eigenvalue weighted by molar-refractivity contribution is 5.60. The molecular weight excluding hydrogens is 304 g/mol. The van der Waals surface area contributed by atoms with Gasteiger partial charge in [0.05, 0.1) is 13.7 Å². The van der Waals surface area contributed by atoms with Crippen molar-refractivity contribution >= 4 is 0 Å². The molecule has 3 rings (SSSR count). The molecule has 0 aliphatic heterocycles. The van der Waals surface area contributed by atoms with Gasteiger partial charge in [0.25, 0.3) is 0 Å². The number of ether oxygens (including phenoxy) is 1. The molecule has 7 heteroatoms. The van der Waals surface area contributed by atoms with Gasteiger partial charge >= 0.3 is 0 Å². The van der Waals surface area contributed by atoms with Crippen LogP contribution in [0.1, 0.15) is 23.4 Å². The van der Waals surface area contributed by atoms with Crippen molar-refractivity contribution in [1.29, 1.82) is 0 Å². The van der Waals surface area contributed by atoms with Gasteiger partial charge in [-0.2, -0.15) is 4.80 Å². The van der Waals surface area contributed by atoms with E-state index in [1.54, 1.807) is 7.05 Å². The lowest BCUT2D eigenvalue weighted by atomic mass is 10.1. The van der Waals surface area contributed by atoms with Crippen molar-refractivity contribution in [3.05, 3.63) is 41.5 Å². The van der Waals surface area contributed by atoms with Crippen molar-refractivity contribution in [1.82, 2.24) is 29.8 Å². The molecule has 126 valence electrons. The molecule has 0 saturated heterocycles. The number of hydrogen-bond donors (Lipinski definition) is 0. The van der Waals surface area contributed by atoms with E-state index in [4.69, 9.17) is 4.74 Å². The van der Waals surface area contributed by atoms with Crippen molar-refractivity contribution < 1.29 is 4.74 Å². The molecule has 0 unspecified atom stereocenters. The van der Waals surface area contributed by atoms with Crippen LogP contribution in [0.3, 0.4) is 0 Å². The van der Waals surface area contributed by atoms with Crippen LogP contribution in [0.4, 0.5) is 0 Å². The first-order valence-corrected chi connectivity index (χ1v) is 8.01. The minimum atomic E-state index is 0.630. The fraction of sp³-hybridized carbons (Fsp3) is 0.412. The van der Waals surface area contributed by atoms with Gasteiger partial charge in [-0.3, -0.25) is 0 Å². The molecular formula is C17H22N6O. The van der Waals surface area contributed by atoms with Gasteiger partial charge in [-0.15, -0.1) is 10.2 Å². The summed E-state index contributed by atoms with van der Waals surface area (Å²) < 4.78 is 8.14. The Bertz CT molecular complexity index is 812. The molecule has 3 aromatic rings. The third-order valence-corrected chi connectivity index (χ3v) is 3.94. The van der Waals surface area contributed by atoms with Gasteiger partial charge in [-0.25, -0.2) is 4.98 Å². The van der Waals surface area contributed by atoms with Gasteiger partial charge in [0.1, 0.15) is 11.6 Å². The Morgan fingerprint density at radius 2 is 1.88 bits per heavy atom. The zero-order chi connectivity index (χ0) is 17.1. The molecule has 0 bridgehead atoms. The summed E-state index contributed by atoms with van der Waals surface area (Å²) in [6.45, 7) is 7.67. The lowest BCUT2D eigenvalue weighted by Gasteiger charge is -2.13. The second-order valence-corrected chi connectivity index (χ2v) is 5.91. The summed E-state index contributed by atoms with van der Waals surface area (Å²) >= 11 is 0. The molecule has 0 aliphatic carbocycles. The number of nitrogens with zero attached hydrogens (tertiary/aromatic N) is 6. The standard InChI is InChI=1S/C17H22N6O/c1-12-10-15(17-19-21-22(4)20-17)11-13(2)16(12)24-9-5-7-23-8-6-18-14(23)3/h6,8,10-11H,5,7,9H2,1-4H3. The monoisotopic (exact) mass is 326 g/mol. The minimum absolute atomic E-state index is 0.630. The summed E-state index contributed by atoms with van der Waals surface area (Å²) in [6, 6.07) is 4.08. The van der Waals surface area contributed by atoms with E-state index in [9.17, 15) is 0 Å². The topological polar surface area (TPSA) is 70.7 Å². The highest BCUT2D eigenvalue weighted by Gasteiger charge is 2.11. The van der Waals surface area contributed by atoms with Crippen LogP contribution >= 0.6 is 0 Å². The van der Waals surface area contributed by atoms with Crippen LogP contribution < -0.4 is 4.74 Å². The van der Waals surface area contributed by atoms with Gasteiger partial charge in [-0.1, -0.05) is 0 Å². The van der Waals surface area contributed by atoms with Crippen LogP contribution in [0.2, 0.25) is 0 Å². The van der Waals surface area contributed by atoms with Crippen molar-refractivity contribution in [3.8, 4) is 17.1 Å². The maximum atomic E-state index is 6.01. The fourth-order valence-corrected chi connectivity index (χ4v) is 2.76. The van der Waals surface area contributed by atoms with Crippen LogP contribution in [0.15, 0.2) is 24.5 Å². The highest BCUT2D eigenvalue weighted by Crippen LogP contribution is 2.28. The zero-order valence-electron chi connectivity index (χ0n) is 14.5. The SMILES string of the molecule is Cc1cc(-c2nnn(C)n2)cc(C)c1OCCCn1ccnc1C. The third-order valence-electron chi connectivity index (χ3n) is 3.94. The molecule has 0 radical (unpaired) electrons. The third kappa shape index (κ3) is 3.45. The number of imidazole rings is 1. The largest absolute Gasteiger partial charge is 0.493 e. The van der Waals surface area contributed by atoms with Crippen molar-refractivity contribution in [2.45, 2.75) is 33.7 Å². The maximum Gasteiger partial charge on any atom is 0.204 e. The Kier molecular flexibility index (Phi) is 4.59. The summed E-state index contributed by atoms with van der Waals surface area (Å²) in [6.07, 6.45) is 4.75. The van der Waals surface area contributed by atoms with E-state index < -0.39 is 0 Å². The number of aromatic nitrogens is 6. The lowest BCUT2D eigenvalue weighted by molar-refractivity contribution is 0.297. The fourth-order valence-electron chi connectivity index (χ4n) is 2.76. The number of benzene rings is 1. The predicted octanol–water partition coefficient (Wildman–Crippen LogP) is 2.47. The van der Waals surface area contributed by atoms with Crippen molar-refractivity contribution in [2.75, 3.05) is 6.61 Å². The molecule has 24 heavy (non-hydrogen) atoms. The Morgan fingerprint density at radius 1 is 1.12 bits per heavy atom. The molecule has 2 heterocycles. The lowest BCUT2D eigenvalue weighted by Crippen LogP contribution is -2.06. The number of rotatable bonds is 6. The smallest absolute Gasteiger partial charge is 0.204 e. The van der Waals surface area contributed by atoms with E-state index in [2.05, 4.69) is 25.0 Å². The van der Waals surface area contributed by atoms with E-state index in [1.807, 2.05) is 45.3 Å². The van der Waals surface area contributed by atoms with Crippen LogP contribution in [-0.4, -0.2) is 36.4 Å². The summed E-state index contributed by atoms with van der Waals surface area (Å²) in [5, 5.41) is 12.2. The van der Waals surface area contributed by atoms with Crippen molar-refractivity contribution in [2.24, 2.45) is 7.05 Å². The van der Waals surface area contributed by atoms with Crippen LogP contribution in [-0.2, 0) is 13.6 Å². The molecule has 0 fully saturated rings. The van der Waals surface area contributed by atoms with Gasteiger partial charge in [0.15, 0.2) is 0 Å². The minimum Gasteiger partial charge on any atom is -0.493 e. The van der Waals surface area contributed by atoms with Crippen LogP contribution in [0.25, 0.3) is 11.4 Å². The van der Waals surface area contributed by atoms with Crippen molar-refractivity contribution in [3.63, 3.8) is 0 Å². The average Bonchev–Trinajstić information content (AvgIpc) is 3.14. The summed E-state index contributed by atoms with van der Waals surface area (Å²) in [5.74, 6) is 2.60. The van der Waals surface area contributed by atoms with Gasteiger partial charge < -0.3 is 9.30 Å². The molecule has 0 aliphatic rings. The number of hydrogen-bond acceptors (Lipinski definition) is 5. The molecule has 0 saturated carbocycles. The molecule has 7 nitrogen and oxygen atoms in total. The van der Waals surface area contributed by atoms with E-state index in [0.29, 0.717) is 12.4 Å². The predicted molar refractivity (Wildman–Crippen MR) is 90.8 cm³/mol. The van der Waals surface area contributed by atoms with Gasteiger partial charge in [0.2, 0.25) is 5.82 Å². The molecule has 2 aromatic heterocycles. The first kappa shape index (κ1) is 16.2. The van der Waals surface area contributed by atoms with E-state index >= 15 is 0 Å². The number of aryl methyl sites for hydroxylation is 5. The van der Waals surface area contributed by atoms with E-state index in [-0.39, 0.29) is 0 Å². The molecule has 0 atom stereocenters.